The Balaban J connectivity index is 2.31. The molecular weight excluding hydrogens is 168 g/mol. The maximum absolute atomic E-state index is 10.1. The monoisotopic (exact) mass is 188 g/mol. The van der Waals surface area contributed by atoms with Crippen LogP contribution >= 0.6 is 0 Å². The number of rotatable bonds is 4. The molecule has 13 heavy (non-hydrogen) atoms. The van der Waals surface area contributed by atoms with E-state index in [1.54, 1.807) is 0 Å². The quantitative estimate of drug-likeness (QED) is 0.619. The largest absolute Gasteiger partial charge is 0.388 e. The zero-order chi connectivity index (χ0) is 9.73. The third kappa shape index (κ3) is 3.60. The van der Waals surface area contributed by atoms with E-state index in [0.29, 0.717) is 26.3 Å². The lowest BCUT2D eigenvalue weighted by atomic mass is 9.94. The van der Waals surface area contributed by atoms with E-state index < -0.39 is 5.60 Å². The molecule has 78 valence electrons. The summed E-state index contributed by atoms with van der Waals surface area (Å²) in [6, 6.07) is 0. The molecule has 0 aromatic heterocycles. The van der Waals surface area contributed by atoms with Gasteiger partial charge in [-0.25, -0.2) is 0 Å². The Kier molecular flexibility index (Phi) is 4.12. The van der Waals surface area contributed by atoms with Crippen molar-refractivity contribution in [1.82, 2.24) is 4.90 Å². The highest BCUT2D eigenvalue weighted by atomic mass is 16.5. The highest BCUT2D eigenvalue weighted by Crippen LogP contribution is 2.20. The lowest BCUT2D eigenvalue weighted by molar-refractivity contribution is -0.0764. The molecule has 1 aliphatic heterocycles. The minimum atomic E-state index is -0.553. The summed E-state index contributed by atoms with van der Waals surface area (Å²) < 4.78 is 5.20. The van der Waals surface area contributed by atoms with Crippen molar-refractivity contribution in [3.8, 4) is 0 Å². The molecule has 0 aromatic carbocycles. The van der Waals surface area contributed by atoms with Crippen molar-refractivity contribution in [2.45, 2.75) is 18.4 Å². The average molecular weight is 188 g/mol. The average Bonchev–Trinajstić information content (AvgIpc) is 2.04. The zero-order valence-corrected chi connectivity index (χ0v) is 8.33. The van der Waals surface area contributed by atoms with E-state index in [1.165, 1.54) is 0 Å². The van der Waals surface area contributed by atoms with Gasteiger partial charge in [0.2, 0.25) is 0 Å². The number of nitrogens with two attached hydrogens (primary N) is 1. The highest BCUT2D eigenvalue weighted by Gasteiger charge is 2.30. The molecule has 0 atom stereocenters. The predicted molar refractivity (Wildman–Crippen MR) is 51.6 cm³/mol. The number of aliphatic hydroxyl groups is 1. The molecule has 0 spiro atoms. The summed E-state index contributed by atoms with van der Waals surface area (Å²) in [5.74, 6) is 0. The SMILES string of the molecule is CN(CCN)CC1(O)CCOCC1. The smallest absolute Gasteiger partial charge is 0.0817 e. The number of nitrogens with zero attached hydrogens (tertiary/aromatic N) is 1. The van der Waals surface area contributed by atoms with Gasteiger partial charge in [-0.3, -0.25) is 0 Å². The molecule has 0 amide bonds. The number of hydrogen-bond donors (Lipinski definition) is 2. The predicted octanol–water partition coefficient (Wildman–Crippen LogP) is -0.582. The van der Waals surface area contributed by atoms with E-state index in [1.807, 2.05) is 7.05 Å². The van der Waals surface area contributed by atoms with Gasteiger partial charge in [0.05, 0.1) is 5.60 Å². The summed E-state index contributed by atoms with van der Waals surface area (Å²) in [4.78, 5) is 2.07. The summed E-state index contributed by atoms with van der Waals surface area (Å²) in [6.45, 7) is 3.53. The van der Waals surface area contributed by atoms with Gasteiger partial charge in [-0.1, -0.05) is 0 Å². The van der Waals surface area contributed by atoms with Crippen LogP contribution in [-0.4, -0.2) is 55.5 Å². The normalized spacial score (nSPS) is 22.2. The van der Waals surface area contributed by atoms with E-state index in [2.05, 4.69) is 4.90 Å². The minimum absolute atomic E-state index is 0.553. The molecule has 1 saturated heterocycles. The van der Waals surface area contributed by atoms with Gasteiger partial charge in [-0.05, 0) is 7.05 Å². The maximum atomic E-state index is 10.1. The van der Waals surface area contributed by atoms with Gasteiger partial charge < -0.3 is 20.5 Å². The number of hydrogen-bond acceptors (Lipinski definition) is 4. The molecule has 4 heteroatoms. The van der Waals surface area contributed by atoms with Gasteiger partial charge in [0.15, 0.2) is 0 Å². The molecule has 0 saturated carbocycles. The number of ether oxygens (including phenoxy) is 1. The first-order valence-electron chi connectivity index (χ1n) is 4.85. The summed E-state index contributed by atoms with van der Waals surface area (Å²) in [7, 11) is 1.99. The van der Waals surface area contributed by atoms with Crippen LogP contribution in [0.5, 0.6) is 0 Å². The molecule has 0 aromatic rings. The highest BCUT2D eigenvalue weighted by molar-refractivity contribution is 4.83. The Hall–Kier alpha value is -0.160. The Morgan fingerprint density at radius 2 is 2.08 bits per heavy atom. The summed E-state index contributed by atoms with van der Waals surface area (Å²) in [5.41, 5.74) is 4.88. The van der Waals surface area contributed by atoms with Crippen LogP contribution in [0, 0.1) is 0 Å². The fourth-order valence-electron chi connectivity index (χ4n) is 1.71. The Morgan fingerprint density at radius 1 is 1.46 bits per heavy atom. The summed E-state index contributed by atoms with van der Waals surface area (Å²) in [6.07, 6.45) is 1.48. The fraction of sp³-hybridized carbons (Fsp3) is 1.00. The van der Waals surface area contributed by atoms with Crippen molar-refractivity contribution >= 4 is 0 Å². The molecular formula is C9H20N2O2. The second kappa shape index (κ2) is 4.91. The molecule has 4 nitrogen and oxygen atoms in total. The van der Waals surface area contributed by atoms with Gasteiger partial charge in [-0.15, -0.1) is 0 Å². The zero-order valence-electron chi connectivity index (χ0n) is 8.33. The van der Waals surface area contributed by atoms with Crippen molar-refractivity contribution in [2.24, 2.45) is 5.73 Å². The van der Waals surface area contributed by atoms with Crippen molar-refractivity contribution in [3.63, 3.8) is 0 Å². The summed E-state index contributed by atoms with van der Waals surface area (Å²) in [5, 5.41) is 10.1. The third-order valence-electron chi connectivity index (χ3n) is 2.50. The fourth-order valence-corrected chi connectivity index (χ4v) is 1.71. The van der Waals surface area contributed by atoms with E-state index in [4.69, 9.17) is 10.5 Å². The molecule has 0 unspecified atom stereocenters. The van der Waals surface area contributed by atoms with Crippen molar-refractivity contribution in [3.05, 3.63) is 0 Å². The minimum Gasteiger partial charge on any atom is -0.388 e. The first kappa shape index (κ1) is 10.9. The second-order valence-corrected chi connectivity index (χ2v) is 3.86. The van der Waals surface area contributed by atoms with E-state index >= 15 is 0 Å². The van der Waals surface area contributed by atoms with Crippen LogP contribution in [0.4, 0.5) is 0 Å². The molecule has 1 aliphatic rings. The van der Waals surface area contributed by atoms with Crippen molar-refractivity contribution in [1.29, 1.82) is 0 Å². The van der Waals surface area contributed by atoms with Crippen LogP contribution in [0.25, 0.3) is 0 Å². The van der Waals surface area contributed by atoms with Gasteiger partial charge in [-0.2, -0.15) is 0 Å². The molecule has 3 N–H and O–H groups in total. The van der Waals surface area contributed by atoms with Crippen molar-refractivity contribution in [2.75, 3.05) is 39.9 Å². The van der Waals surface area contributed by atoms with Crippen LogP contribution in [0.3, 0.4) is 0 Å². The topological polar surface area (TPSA) is 58.7 Å². The third-order valence-corrected chi connectivity index (χ3v) is 2.50. The Morgan fingerprint density at radius 3 is 2.62 bits per heavy atom. The Bertz CT molecular complexity index is 147. The van der Waals surface area contributed by atoms with E-state index in [9.17, 15) is 5.11 Å². The van der Waals surface area contributed by atoms with Crippen molar-refractivity contribution < 1.29 is 9.84 Å². The van der Waals surface area contributed by atoms with Gasteiger partial charge >= 0.3 is 0 Å². The lowest BCUT2D eigenvalue weighted by Crippen LogP contribution is -2.46. The lowest BCUT2D eigenvalue weighted by Gasteiger charge is -2.35. The molecule has 1 rings (SSSR count). The van der Waals surface area contributed by atoms with E-state index in [-0.39, 0.29) is 0 Å². The maximum Gasteiger partial charge on any atom is 0.0817 e. The molecule has 1 fully saturated rings. The second-order valence-electron chi connectivity index (χ2n) is 3.86. The van der Waals surface area contributed by atoms with Gasteiger partial charge in [0.25, 0.3) is 0 Å². The first-order valence-corrected chi connectivity index (χ1v) is 4.85. The van der Waals surface area contributed by atoms with Crippen LogP contribution < -0.4 is 5.73 Å². The summed E-state index contributed by atoms with van der Waals surface area (Å²) >= 11 is 0. The van der Waals surface area contributed by atoms with Crippen LogP contribution in [0.1, 0.15) is 12.8 Å². The Labute approximate surface area is 79.7 Å². The van der Waals surface area contributed by atoms with E-state index in [0.717, 1.165) is 19.4 Å². The molecule has 0 aliphatic carbocycles. The van der Waals surface area contributed by atoms with Crippen LogP contribution in [-0.2, 0) is 4.74 Å². The standard InChI is InChI=1S/C9H20N2O2/c1-11(5-4-10)8-9(12)2-6-13-7-3-9/h12H,2-8,10H2,1H3. The van der Waals surface area contributed by atoms with Crippen LogP contribution in [0.15, 0.2) is 0 Å². The number of likely N-dealkylation sites (N-methyl/N-ethyl adjacent to an activating group) is 1. The van der Waals surface area contributed by atoms with Crippen LogP contribution in [0.2, 0.25) is 0 Å². The molecule has 1 heterocycles. The van der Waals surface area contributed by atoms with Gasteiger partial charge in [0, 0.05) is 45.7 Å². The van der Waals surface area contributed by atoms with Gasteiger partial charge in [0.1, 0.15) is 0 Å². The molecule has 0 radical (unpaired) electrons. The first-order chi connectivity index (χ1) is 6.16. The molecule has 0 bridgehead atoms.